The van der Waals surface area contributed by atoms with Crippen molar-refractivity contribution < 1.29 is 24.7 Å². The maximum atomic E-state index is 11.8. The number of likely N-dealkylation sites (N-methyl/N-ethyl adjacent to an activating group) is 1. The number of benzene rings is 1. The number of nitrogens with one attached hydrogen (secondary N) is 4. The summed E-state index contributed by atoms with van der Waals surface area (Å²) in [6.07, 6.45) is 0. The highest BCUT2D eigenvalue weighted by molar-refractivity contribution is 6.18. The first-order valence-corrected chi connectivity index (χ1v) is 6.59. The highest BCUT2D eigenvalue weighted by Gasteiger charge is 2.37. The molecule has 0 aliphatic heterocycles. The monoisotopic (exact) mass is 322 g/mol. The molecule has 9 nitrogen and oxygen atoms in total. The number of carboxylic acids is 1. The smallest absolute Gasteiger partial charge is 0.322 e. The van der Waals surface area contributed by atoms with E-state index in [1.807, 2.05) is 5.48 Å². The zero-order valence-electron chi connectivity index (χ0n) is 12.6. The van der Waals surface area contributed by atoms with Crippen LogP contribution in [0.15, 0.2) is 24.3 Å². The molecule has 0 fully saturated rings. The average molecular weight is 322 g/mol. The molecular formula is C14H18N4O5. The Morgan fingerprint density at radius 1 is 1.17 bits per heavy atom. The summed E-state index contributed by atoms with van der Waals surface area (Å²) in [5, 5.41) is 30.3. The molecule has 1 aromatic rings. The van der Waals surface area contributed by atoms with E-state index in [0.29, 0.717) is 5.56 Å². The summed E-state index contributed by atoms with van der Waals surface area (Å²) in [4.78, 5) is 33.9. The molecule has 124 valence electrons. The van der Waals surface area contributed by atoms with Gasteiger partial charge in [0.1, 0.15) is 6.54 Å². The third kappa shape index (κ3) is 4.11. The first-order chi connectivity index (χ1) is 10.8. The molecule has 0 saturated carbocycles. The Morgan fingerprint density at radius 2 is 1.70 bits per heavy atom. The normalized spacial score (nSPS) is 12.8. The van der Waals surface area contributed by atoms with Crippen LogP contribution in [0.25, 0.3) is 0 Å². The maximum Gasteiger partial charge on any atom is 0.322 e. The van der Waals surface area contributed by atoms with Crippen LogP contribution in [0.4, 0.5) is 0 Å². The zero-order valence-corrected chi connectivity index (χ0v) is 12.6. The topological polar surface area (TPSA) is 152 Å². The van der Waals surface area contributed by atoms with E-state index in [1.54, 1.807) is 0 Å². The summed E-state index contributed by atoms with van der Waals surface area (Å²) in [7, 11) is 1.38. The fourth-order valence-corrected chi connectivity index (χ4v) is 1.81. The minimum Gasteiger partial charge on any atom is -0.480 e. The van der Waals surface area contributed by atoms with Gasteiger partial charge in [-0.25, -0.2) is 0 Å². The van der Waals surface area contributed by atoms with Gasteiger partial charge in [-0.3, -0.25) is 14.4 Å². The summed E-state index contributed by atoms with van der Waals surface area (Å²) >= 11 is 0. The number of amides is 2. The molecular weight excluding hydrogens is 304 g/mol. The third-order valence-corrected chi connectivity index (χ3v) is 3.24. The van der Waals surface area contributed by atoms with Gasteiger partial charge >= 0.3 is 5.97 Å². The molecule has 23 heavy (non-hydrogen) atoms. The van der Waals surface area contributed by atoms with Gasteiger partial charge in [0.2, 0.25) is 5.91 Å². The van der Waals surface area contributed by atoms with Crippen LogP contribution in [-0.2, 0) is 9.59 Å². The molecule has 0 aliphatic carbocycles. The molecule has 1 atom stereocenters. The van der Waals surface area contributed by atoms with Crippen molar-refractivity contribution in [1.29, 1.82) is 5.41 Å². The van der Waals surface area contributed by atoms with E-state index in [0.717, 1.165) is 0 Å². The number of hydrogen-bond donors (Lipinski definition) is 6. The molecule has 0 heterocycles. The Balaban J connectivity index is 2.95. The highest BCUT2D eigenvalue weighted by atomic mass is 16.5. The first-order valence-electron chi connectivity index (χ1n) is 6.59. The van der Waals surface area contributed by atoms with Crippen molar-refractivity contribution in [3.63, 3.8) is 0 Å². The van der Waals surface area contributed by atoms with Crippen LogP contribution in [0.1, 0.15) is 22.8 Å². The molecule has 9 heteroatoms. The van der Waals surface area contributed by atoms with Gasteiger partial charge in [0.15, 0.2) is 5.54 Å². The molecule has 1 unspecified atom stereocenters. The number of rotatable bonds is 7. The van der Waals surface area contributed by atoms with Gasteiger partial charge in [-0.1, -0.05) is 12.1 Å². The van der Waals surface area contributed by atoms with E-state index < -0.39 is 29.9 Å². The summed E-state index contributed by atoms with van der Waals surface area (Å²) in [5.41, 5.74) is 0.490. The molecule has 1 aromatic carbocycles. The van der Waals surface area contributed by atoms with Crippen molar-refractivity contribution >= 4 is 23.5 Å². The maximum absolute atomic E-state index is 11.8. The standard InChI is InChI=1S/C14H18N4O5/c1-14(18-23,13(22)16-2)11(15)8-3-5-9(6-4-8)12(21)17-7-10(19)20/h3-6,15,18,23H,7H2,1-2H3,(H,16,22)(H,17,21)(H,19,20). The van der Waals surface area contributed by atoms with Crippen LogP contribution < -0.4 is 16.1 Å². The molecule has 0 spiro atoms. The summed E-state index contributed by atoms with van der Waals surface area (Å²) in [5.74, 6) is -2.33. The zero-order chi connectivity index (χ0) is 17.6. The van der Waals surface area contributed by atoms with E-state index in [1.165, 1.54) is 38.2 Å². The Labute approximate surface area is 132 Å². The predicted octanol–water partition coefficient (Wildman–Crippen LogP) is -0.648. The lowest BCUT2D eigenvalue weighted by atomic mass is 9.89. The molecule has 0 bridgehead atoms. The van der Waals surface area contributed by atoms with Crippen molar-refractivity contribution in [2.75, 3.05) is 13.6 Å². The number of hydroxylamine groups is 1. The van der Waals surface area contributed by atoms with Gasteiger partial charge in [0.25, 0.3) is 5.91 Å². The SMILES string of the molecule is CNC(=O)C(C)(NO)C(=N)c1ccc(C(=O)NCC(=O)O)cc1. The van der Waals surface area contributed by atoms with Crippen molar-refractivity contribution in [2.45, 2.75) is 12.5 Å². The second-order valence-corrected chi connectivity index (χ2v) is 4.84. The molecule has 0 radical (unpaired) electrons. The van der Waals surface area contributed by atoms with Crippen molar-refractivity contribution in [3.05, 3.63) is 35.4 Å². The number of carboxylic acid groups (broad SMARTS) is 1. The van der Waals surface area contributed by atoms with E-state index >= 15 is 0 Å². The quantitative estimate of drug-likeness (QED) is 0.290. The third-order valence-electron chi connectivity index (χ3n) is 3.24. The summed E-state index contributed by atoms with van der Waals surface area (Å²) in [6.45, 7) is 0.835. The average Bonchev–Trinajstić information content (AvgIpc) is 2.57. The Morgan fingerprint density at radius 3 is 2.13 bits per heavy atom. The number of hydrogen-bond acceptors (Lipinski definition) is 6. The van der Waals surface area contributed by atoms with E-state index in [2.05, 4.69) is 10.6 Å². The van der Waals surface area contributed by atoms with Gasteiger partial charge < -0.3 is 26.4 Å². The summed E-state index contributed by atoms with van der Waals surface area (Å²) < 4.78 is 0. The van der Waals surface area contributed by atoms with Crippen LogP contribution in [0.5, 0.6) is 0 Å². The van der Waals surface area contributed by atoms with Crippen LogP contribution in [-0.4, -0.2) is 52.9 Å². The largest absolute Gasteiger partial charge is 0.480 e. The van der Waals surface area contributed by atoms with Crippen molar-refractivity contribution in [1.82, 2.24) is 16.1 Å². The first kappa shape index (κ1) is 18.3. The Bertz CT molecular complexity index is 629. The van der Waals surface area contributed by atoms with E-state index in [4.69, 9.17) is 10.5 Å². The lowest BCUT2D eigenvalue weighted by Gasteiger charge is -2.26. The molecule has 0 aliphatic rings. The van der Waals surface area contributed by atoms with E-state index in [-0.39, 0.29) is 11.3 Å². The second kappa shape index (κ2) is 7.47. The molecule has 0 aromatic heterocycles. The molecule has 6 N–H and O–H groups in total. The second-order valence-electron chi connectivity index (χ2n) is 4.84. The minimum absolute atomic E-state index is 0.197. The lowest BCUT2D eigenvalue weighted by molar-refractivity contribution is -0.135. The number of aliphatic carboxylic acids is 1. The predicted molar refractivity (Wildman–Crippen MR) is 80.6 cm³/mol. The Kier molecular flexibility index (Phi) is 5.94. The van der Waals surface area contributed by atoms with Gasteiger partial charge in [0, 0.05) is 12.6 Å². The van der Waals surface area contributed by atoms with Gasteiger partial charge in [-0.15, -0.1) is 0 Å². The fraction of sp³-hybridized carbons (Fsp3) is 0.286. The van der Waals surface area contributed by atoms with Crippen molar-refractivity contribution in [3.8, 4) is 0 Å². The van der Waals surface area contributed by atoms with Crippen LogP contribution >= 0.6 is 0 Å². The molecule has 1 rings (SSSR count). The van der Waals surface area contributed by atoms with Crippen LogP contribution in [0.2, 0.25) is 0 Å². The Hall–Kier alpha value is -2.78. The van der Waals surface area contributed by atoms with Crippen LogP contribution in [0.3, 0.4) is 0 Å². The van der Waals surface area contributed by atoms with Gasteiger partial charge in [0.05, 0.1) is 5.71 Å². The minimum atomic E-state index is -1.65. The fourth-order valence-electron chi connectivity index (χ4n) is 1.81. The molecule has 2 amide bonds. The van der Waals surface area contributed by atoms with E-state index in [9.17, 15) is 19.6 Å². The van der Waals surface area contributed by atoms with Gasteiger partial charge in [-0.05, 0) is 24.6 Å². The van der Waals surface area contributed by atoms with Crippen molar-refractivity contribution in [2.24, 2.45) is 0 Å². The number of carbonyl (C=O) groups is 3. The number of carbonyl (C=O) groups excluding carboxylic acids is 2. The lowest BCUT2D eigenvalue weighted by Crippen LogP contribution is -2.58. The van der Waals surface area contributed by atoms with Gasteiger partial charge in [-0.2, -0.15) is 5.48 Å². The van der Waals surface area contributed by atoms with Crippen LogP contribution in [0, 0.1) is 5.41 Å². The molecule has 0 saturated heterocycles. The summed E-state index contributed by atoms with van der Waals surface area (Å²) in [6, 6.07) is 5.64. The highest BCUT2D eigenvalue weighted by Crippen LogP contribution is 2.14.